The van der Waals surface area contributed by atoms with E-state index in [1.807, 2.05) is 44.2 Å². The van der Waals surface area contributed by atoms with Crippen LogP contribution in [0.25, 0.3) is 0 Å². The van der Waals surface area contributed by atoms with Crippen molar-refractivity contribution in [2.24, 2.45) is 11.8 Å². The molecule has 3 fully saturated rings. The Hall–Kier alpha value is -2.06. The van der Waals surface area contributed by atoms with Crippen LogP contribution in [0.2, 0.25) is 0 Å². The fraction of sp³-hybridized carbons (Fsp3) is 0.667. The highest BCUT2D eigenvalue weighted by atomic mass is 32.2. The van der Waals surface area contributed by atoms with Crippen molar-refractivity contribution in [3.63, 3.8) is 0 Å². The summed E-state index contributed by atoms with van der Waals surface area (Å²) >= 11 is 1.63. The minimum absolute atomic E-state index is 0.0263. The van der Waals surface area contributed by atoms with Gasteiger partial charge >= 0.3 is 5.97 Å². The van der Waals surface area contributed by atoms with Gasteiger partial charge in [0.15, 0.2) is 0 Å². The van der Waals surface area contributed by atoms with Gasteiger partial charge in [0.25, 0.3) is 0 Å². The highest BCUT2D eigenvalue weighted by molar-refractivity contribution is 8.02. The van der Waals surface area contributed by atoms with Crippen LogP contribution >= 0.6 is 11.8 Å². The molecule has 1 aromatic carbocycles. The van der Waals surface area contributed by atoms with E-state index in [9.17, 15) is 19.5 Å². The standard InChI is InChI=1S/C27H38N2O5S/c1-5-10-17(3)28-23(31)22-27-14-13-26(4,35-27)21(25(33)34-6-2)20(27)24(32)29(22)19(16-30)15-18-11-8-7-9-12-18/h7-9,11-12,17,19-22,30H,5-6,10,13-16H2,1-4H3,(H,28,31)/t17?,19-,20+,21+,22?,26-,27?/m1/s1. The molecule has 1 aromatic rings. The number of thioether (sulfide) groups is 1. The predicted molar refractivity (Wildman–Crippen MR) is 136 cm³/mol. The lowest BCUT2D eigenvalue weighted by Gasteiger charge is -2.37. The van der Waals surface area contributed by atoms with Crippen molar-refractivity contribution in [3.05, 3.63) is 35.9 Å². The minimum atomic E-state index is -0.744. The van der Waals surface area contributed by atoms with Crippen molar-refractivity contribution < 1.29 is 24.2 Å². The fourth-order valence-electron chi connectivity index (χ4n) is 6.61. The second-order valence-corrected chi connectivity index (χ2v) is 12.3. The van der Waals surface area contributed by atoms with E-state index < -0.39 is 33.4 Å². The Kier molecular flexibility index (Phi) is 7.53. The van der Waals surface area contributed by atoms with Crippen LogP contribution in [0.3, 0.4) is 0 Å². The van der Waals surface area contributed by atoms with Gasteiger partial charge in [-0.05, 0) is 52.0 Å². The first kappa shape index (κ1) is 26.0. The van der Waals surface area contributed by atoms with Crippen molar-refractivity contribution in [2.75, 3.05) is 13.2 Å². The van der Waals surface area contributed by atoms with Gasteiger partial charge < -0.3 is 20.1 Å². The highest BCUT2D eigenvalue weighted by Crippen LogP contribution is 2.71. The van der Waals surface area contributed by atoms with E-state index in [2.05, 4.69) is 12.2 Å². The Morgan fingerprint density at radius 1 is 1.26 bits per heavy atom. The lowest BCUT2D eigenvalue weighted by Crippen LogP contribution is -2.58. The molecule has 3 aliphatic rings. The SMILES string of the molecule is CCCC(C)NC(=O)C1N([C@@H](CO)Cc2ccccc2)C(=O)[C@@H]2[C@@H](C(=O)OCC)[C@@]3(C)CCC12S3. The molecule has 2 amide bonds. The van der Waals surface area contributed by atoms with Crippen LogP contribution in [0.15, 0.2) is 30.3 Å². The van der Waals surface area contributed by atoms with Gasteiger partial charge in [-0.2, -0.15) is 0 Å². The average molecular weight is 503 g/mol. The number of nitrogens with one attached hydrogen (secondary N) is 1. The molecule has 8 heteroatoms. The van der Waals surface area contributed by atoms with Crippen LogP contribution in [0.5, 0.6) is 0 Å². The summed E-state index contributed by atoms with van der Waals surface area (Å²) < 4.78 is 4.28. The molecule has 0 aromatic heterocycles. The Morgan fingerprint density at radius 2 is 1.97 bits per heavy atom. The van der Waals surface area contributed by atoms with E-state index in [1.54, 1.807) is 23.6 Å². The summed E-state index contributed by atoms with van der Waals surface area (Å²) in [7, 11) is 0. The van der Waals surface area contributed by atoms with E-state index in [-0.39, 0.29) is 37.0 Å². The third-order valence-corrected chi connectivity index (χ3v) is 10.0. The number of benzene rings is 1. The first-order valence-electron chi connectivity index (χ1n) is 12.9. The maximum atomic E-state index is 14.2. The number of aliphatic hydroxyl groups is 1. The monoisotopic (exact) mass is 502 g/mol. The number of aliphatic hydroxyl groups excluding tert-OH is 1. The Bertz CT molecular complexity index is 958. The fourth-order valence-corrected chi connectivity index (χ4v) is 8.94. The second-order valence-electron chi connectivity index (χ2n) is 10.4. The van der Waals surface area contributed by atoms with Crippen molar-refractivity contribution in [1.29, 1.82) is 0 Å². The first-order chi connectivity index (χ1) is 16.7. The average Bonchev–Trinajstić information content (AvgIpc) is 3.39. The van der Waals surface area contributed by atoms with E-state index in [1.165, 1.54) is 0 Å². The molecular formula is C27H38N2O5S. The third kappa shape index (κ3) is 4.37. The molecule has 0 saturated carbocycles. The molecule has 3 heterocycles. The highest BCUT2D eigenvalue weighted by Gasteiger charge is 2.78. The number of amides is 2. The van der Waals surface area contributed by atoms with E-state index in [0.717, 1.165) is 24.8 Å². The number of nitrogens with zero attached hydrogens (tertiary/aromatic N) is 1. The molecule has 7 atom stereocenters. The lowest BCUT2D eigenvalue weighted by molar-refractivity contribution is -0.155. The smallest absolute Gasteiger partial charge is 0.311 e. The van der Waals surface area contributed by atoms with Crippen LogP contribution in [0.4, 0.5) is 0 Å². The third-order valence-electron chi connectivity index (χ3n) is 8.03. The van der Waals surface area contributed by atoms with Gasteiger partial charge in [0.1, 0.15) is 6.04 Å². The first-order valence-corrected chi connectivity index (χ1v) is 13.7. The normalized spacial score (nSPS) is 32.9. The van der Waals surface area contributed by atoms with Crippen molar-refractivity contribution in [1.82, 2.24) is 10.2 Å². The molecule has 2 bridgehead atoms. The molecule has 7 nitrogen and oxygen atoms in total. The number of hydrogen-bond donors (Lipinski definition) is 2. The summed E-state index contributed by atoms with van der Waals surface area (Å²) in [6.07, 6.45) is 3.64. The molecule has 3 aliphatic heterocycles. The van der Waals surface area contributed by atoms with Crippen molar-refractivity contribution in [2.45, 2.75) is 87.4 Å². The summed E-state index contributed by atoms with van der Waals surface area (Å²) in [6, 6.07) is 8.37. The molecule has 192 valence electrons. The number of carbonyl (C=O) groups excluding carboxylic acids is 3. The van der Waals surface area contributed by atoms with Gasteiger partial charge in [-0.3, -0.25) is 14.4 Å². The molecule has 4 rings (SSSR count). The van der Waals surface area contributed by atoms with Crippen LogP contribution in [0.1, 0.15) is 58.9 Å². The number of hydrogen-bond acceptors (Lipinski definition) is 6. The van der Waals surface area contributed by atoms with Gasteiger partial charge in [0.05, 0.1) is 35.8 Å². The Labute approximate surface area is 212 Å². The van der Waals surface area contributed by atoms with Gasteiger partial charge in [-0.1, -0.05) is 43.7 Å². The van der Waals surface area contributed by atoms with Crippen molar-refractivity contribution in [3.8, 4) is 0 Å². The maximum Gasteiger partial charge on any atom is 0.311 e. The summed E-state index contributed by atoms with van der Waals surface area (Å²) in [5, 5.41) is 13.6. The molecule has 2 N–H and O–H groups in total. The minimum Gasteiger partial charge on any atom is -0.466 e. The van der Waals surface area contributed by atoms with Crippen LogP contribution in [-0.2, 0) is 25.5 Å². The summed E-state index contributed by atoms with van der Waals surface area (Å²) in [5.41, 5.74) is 0.985. The van der Waals surface area contributed by atoms with Gasteiger partial charge in [-0.15, -0.1) is 11.8 Å². The van der Waals surface area contributed by atoms with Crippen LogP contribution < -0.4 is 5.32 Å². The van der Waals surface area contributed by atoms with Crippen LogP contribution in [0, 0.1) is 11.8 Å². The number of esters is 1. The van der Waals surface area contributed by atoms with E-state index >= 15 is 0 Å². The zero-order chi connectivity index (χ0) is 25.4. The van der Waals surface area contributed by atoms with Gasteiger partial charge in [0, 0.05) is 10.8 Å². The molecule has 3 unspecified atom stereocenters. The molecule has 35 heavy (non-hydrogen) atoms. The Morgan fingerprint density at radius 3 is 2.60 bits per heavy atom. The molecule has 1 spiro atoms. The number of carbonyl (C=O) groups is 3. The molecule has 3 saturated heterocycles. The largest absolute Gasteiger partial charge is 0.466 e. The lowest BCUT2D eigenvalue weighted by atomic mass is 9.66. The second kappa shape index (κ2) is 10.1. The van der Waals surface area contributed by atoms with Gasteiger partial charge in [0.2, 0.25) is 11.8 Å². The summed E-state index contributed by atoms with van der Waals surface area (Å²) in [4.78, 5) is 42.8. The maximum absolute atomic E-state index is 14.2. The number of likely N-dealkylation sites (tertiary alicyclic amines) is 1. The molecular weight excluding hydrogens is 464 g/mol. The van der Waals surface area contributed by atoms with E-state index in [4.69, 9.17) is 4.74 Å². The number of fused-ring (bicyclic) bond motifs is 1. The number of ether oxygens (including phenoxy) is 1. The Balaban J connectivity index is 1.75. The molecule has 0 radical (unpaired) electrons. The zero-order valence-corrected chi connectivity index (χ0v) is 22.0. The van der Waals surface area contributed by atoms with Gasteiger partial charge in [-0.25, -0.2) is 0 Å². The summed E-state index contributed by atoms with van der Waals surface area (Å²) in [5.74, 6) is -1.98. The zero-order valence-electron chi connectivity index (χ0n) is 21.2. The van der Waals surface area contributed by atoms with E-state index in [0.29, 0.717) is 12.8 Å². The predicted octanol–water partition coefficient (Wildman–Crippen LogP) is 2.94. The molecule has 0 aliphatic carbocycles. The quantitative estimate of drug-likeness (QED) is 0.478. The number of rotatable bonds is 10. The summed E-state index contributed by atoms with van der Waals surface area (Å²) in [6.45, 7) is 7.85. The topological polar surface area (TPSA) is 95.9 Å². The van der Waals surface area contributed by atoms with Crippen molar-refractivity contribution >= 4 is 29.5 Å². The van der Waals surface area contributed by atoms with Crippen LogP contribution in [-0.4, -0.2) is 68.6 Å².